The standard InChI is InChI=1S/C13H20ClN3/c1-16-8-9-17(10-13(16)6-7-15)12-4-2-11(14)3-5-12/h2-5,13H,6-10,15H2,1H3. The van der Waals surface area contributed by atoms with Gasteiger partial charge in [-0.1, -0.05) is 11.6 Å². The van der Waals surface area contributed by atoms with Crippen molar-refractivity contribution in [3.05, 3.63) is 29.3 Å². The van der Waals surface area contributed by atoms with Crippen LogP contribution >= 0.6 is 11.6 Å². The van der Waals surface area contributed by atoms with Gasteiger partial charge in [-0.15, -0.1) is 0 Å². The fraction of sp³-hybridized carbons (Fsp3) is 0.538. The lowest BCUT2D eigenvalue weighted by molar-refractivity contribution is 0.210. The number of anilines is 1. The molecule has 4 heteroatoms. The van der Waals surface area contributed by atoms with Gasteiger partial charge in [0.05, 0.1) is 0 Å². The van der Waals surface area contributed by atoms with Gasteiger partial charge in [0, 0.05) is 36.4 Å². The summed E-state index contributed by atoms with van der Waals surface area (Å²) in [4.78, 5) is 4.82. The molecule has 0 aliphatic carbocycles. The molecule has 0 radical (unpaired) electrons. The molecule has 1 saturated heterocycles. The Hall–Kier alpha value is -0.770. The van der Waals surface area contributed by atoms with Gasteiger partial charge in [0.2, 0.25) is 0 Å². The fourth-order valence-corrected chi connectivity index (χ4v) is 2.46. The van der Waals surface area contributed by atoms with Crippen molar-refractivity contribution in [2.24, 2.45) is 5.73 Å². The maximum absolute atomic E-state index is 5.91. The molecule has 1 atom stereocenters. The Bertz CT molecular complexity index is 352. The number of rotatable bonds is 3. The zero-order valence-electron chi connectivity index (χ0n) is 10.3. The molecule has 2 rings (SSSR count). The average Bonchev–Trinajstić information content (AvgIpc) is 2.33. The van der Waals surface area contributed by atoms with Crippen LogP contribution in [0.4, 0.5) is 5.69 Å². The second-order valence-corrected chi connectivity index (χ2v) is 5.07. The van der Waals surface area contributed by atoms with Crippen LogP contribution in [0.25, 0.3) is 0 Å². The molecule has 94 valence electrons. The number of hydrogen-bond donors (Lipinski definition) is 1. The minimum atomic E-state index is 0.560. The van der Waals surface area contributed by atoms with E-state index >= 15 is 0 Å². The van der Waals surface area contributed by atoms with Gasteiger partial charge < -0.3 is 10.6 Å². The maximum atomic E-state index is 5.91. The molecular weight excluding hydrogens is 234 g/mol. The summed E-state index contributed by atoms with van der Waals surface area (Å²) in [5.41, 5.74) is 6.92. The van der Waals surface area contributed by atoms with E-state index < -0.39 is 0 Å². The Labute approximate surface area is 108 Å². The van der Waals surface area contributed by atoms with Gasteiger partial charge in [0.25, 0.3) is 0 Å². The second kappa shape index (κ2) is 5.71. The number of nitrogens with two attached hydrogens (primary N) is 1. The van der Waals surface area contributed by atoms with Gasteiger partial charge in [0.15, 0.2) is 0 Å². The van der Waals surface area contributed by atoms with Crippen molar-refractivity contribution in [2.75, 3.05) is 38.1 Å². The van der Waals surface area contributed by atoms with E-state index in [1.54, 1.807) is 0 Å². The summed E-state index contributed by atoms with van der Waals surface area (Å²) in [5.74, 6) is 0. The molecule has 1 aliphatic heterocycles. The molecule has 1 aromatic carbocycles. The Morgan fingerprint density at radius 2 is 2.00 bits per heavy atom. The molecule has 1 aliphatic rings. The van der Waals surface area contributed by atoms with E-state index in [-0.39, 0.29) is 0 Å². The first-order valence-electron chi connectivity index (χ1n) is 6.11. The van der Waals surface area contributed by atoms with E-state index in [9.17, 15) is 0 Å². The van der Waals surface area contributed by atoms with Crippen LogP contribution in [0.2, 0.25) is 5.02 Å². The predicted molar refractivity (Wildman–Crippen MR) is 73.8 cm³/mol. The molecule has 1 fully saturated rings. The van der Waals surface area contributed by atoms with Crippen LogP contribution in [0.1, 0.15) is 6.42 Å². The topological polar surface area (TPSA) is 32.5 Å². The average molecular weight is 254 g/mol. The summed E-state index contributed by atoms with van der Waals surface area (Å²) >= 11 is 5.91. The van der Waals surface area contributed by atoms with Gasteiger partial charge in [-0.2, -0.15) is 0 Å². The summed E-state index contributed by atoms with van der Waals surface area (Å²) in [6.45, 7) is 3.96. The molecule has 1 unspecified atom stereocenters. The normalized spacial score (nSPS) is 21.8. The van der Waals surface area contributed by atoms with Crippen molar-refractivity contribution in [3.63, 3.8) is 0 Å². The Morgan fingerprint density at radius 1 is 1.29 bits per heavy atom. The van der Waals surface area contributed by atoms with E-state index in [0.29, 0.717) is 6.04 Å². The van der Waals surface area contributed by atoms with Crippen LogP contribution in [0, 0.1) is 0 Å². The minimum Gasteiger partial charge on any atom is -0.369 e. The number of piperazine rings is 1. The second-order valence-electron chi connectivity index (χ2n) is 4.63. The van der Waals surface area contributed by atoms with Crippen LogP contribution < -0.4 is 10.6 Å². The highest BCUT2D eigenvalue weighted by atomic mass is 35.5. The monoisotopic (exact) mass is 253 g/mol. The molecular formula is C13H20ClN3. The van der Waals surface area contributed by atoms with E-state index in [4.69, 9.17) is 17.3 Å². The van der Waals surface area contributed by atoms with Crippen LogP contribution in [-0.4, -0.2) is 44.2 Å². The SMILES string of the molecule is CN1CCN(c2ccc(Cl)cc2)CC1CCN. The first kappa shape index (κ1) is 12.7. The largest absolute Gasteiger partial charge is 0.369 e. The van der Waals surface area contributed by atoms with Gasteiger partial charge in [0.1, 0.15) is 0 Å². The van der Waals surface area contributed by atoms with Crippen molar-refractivity contribution in [1.82, 2.24) is 4.90 Å². The summed E-state index contributed by atoms with van der Waals surface area (Å²) in [6.07, 6.45) is 1.06. The molecule has 2 N–H and O–H groups in total. The molecule has 1 heterocycles. The van der Waals surface area contributed by atoms with Crippen LogP contribution in [-0.2, 0) is 0 Å². The van der Waals surface area contributed by atoms with Crippen LogP contribution in [0.15, 0.2) is 24.3 Å². The van der Waals surface area contributed by atoms with Crippen LogP contribution in [0.5, 0.6) is 0 Å². The lowest BCUT2D eigenvalue weighted by Gasteiger charge is -2.40. The van der Waals surface area contributed by atoms with Crippen molar-refractivity contribution in [3.8, 4) is 0 Å². The van der Waals surface area contributed by atoms with Crippen molar-refractivity contribution < 1.29 is 0 Å². The Balaban J connectivity index is 2.04. The quantitative estimate of drug-likeness (QED) is 0.892. The lowest BCUT2D eigenvalue weighted by Crippen LogP contribution is -2.52. The summed E-state index contributed by atoms with van der Waals surface area (Å²) in [6, 6.07) is 8.64. The first-order chi connectivity index (χ1) is 8.20. The van der Waals surface area contributed by atoms with Gasteiger partial charge >= 0.3 is 0 Å². The third kappa shape index (κ3) is 3.12. The molecule has 0 spiro atoms. The zero-order valence-corrected chi connectivity index (χ0v) is 11.0. The van der Waals surface area contributed by atoms with E-state index in [1.165, 1.54) is 5.69 Å². The Kier molecular flexibility index (Phi) is 4.26. The fourth-order valence-electron chi connectivity index (χ4n) is 2.34. The van der Waals surface area contributed by atoms with E-state index in [0.717, 1.165) is 37.6 Å². The highest BCUT2D eigenvalue weighted by Gasteiger charge is 2.23. The summed E-state index contributed by atoms with van der Waals surface area (Å²) in [7, 11) is 2.18. The Morgan fingerprint density at radius 3 is 2.65 bits per heavy atom. The summed E-state index contributed by atoms with van der Waals surface area (Å²) < 4.78 is 0. The molecule has 0 saturated carbocycles. The van der Waals surface area contributed by atoms with Gasteiger partial charge in [-0.25, -0.2) is 0 Å². The predicted octanol–water partition coefficient (Wildman–Crippen LogP) is 1.81. The maximum Gasteiger partial charge on any atom is 0.0407 e. The smallest absolute Gasteiger partial charge is 0.0407 e. The van der Waals surface area contributed by atoms with Crippen LogP contribution in [0.3, 0.4) is 0 Å². The third-order valence-corrected chi connectivity index (χ3v) is 3.72. The highest BCUT2D eigenvalue weighted by Crippen LogP contribution is 2.21. The molecule has 0 bridgehead atoms. The molecule has 1 aromatic rings. The van der Waals surface area contributed by atoms with Crippen molar-refractivity contribution in [1.29, 1.82) is 0 Å². The molecule has 3 nitrogen and oxygen atoms in total. The number of hydrogen-bond acceptors (Lipinski definition) is 3. The number of likely N-dealkylation sites (N-methyl/N-ethyl adjacent to an activating group) is 1. The van der Waals surface area contributed by atoms with Gasteiger partial charge in [-0.05, 0) is 44.3 Å². The lowest BCUT2D eigenvalue weighted by atomic mass is 10.1. The third-order valence-electron chi connectivity index (χ3n) is 3.47. The van der Waals surface area contributed by atoms with Crippen molar-refractivity contribution in [2.45, 2.75) is 12.5 Å². The molecule has 0 amide bonds. The van der Waals surface area contributed by atoms with Gasteiger partial charge in [-0.3, -0.25) is 4.90 Å². The highest BCUT2D eigenvalue weighted by molar-refractivity contribution is 6.30. The van der Waals surface area contributed by atoms with Crippen molar-refractivity contribution >= 4 is 17.3 Å². The number of benzene rings is 1. The summed E-state index contributed by atoms with van der Waals surface area (Å²) in [5, 5.41) is 0.793. The van der Waals surface area contributed by atoms with E-state index in [1.807, 2.05) is 12.1 Å². The number of nitrogens with zero attached hydrogens (tertiary/aromatic N) is 2. The minimum absolute atomic E-state index is 0.560. The first-order valence-corrected chi connectivity index (χ1v) is 6.49. The van der Waals surface area contributed by atoms with E-state index in [2.05, 4.69) is 29.0 Å². The molecule has 17 heavy (non-hydrogen) atoms. The molecule has 0 aromatic heterocycles. The number of halogens is 1. The zero-order chi connectivity index (χ0) is 12.3.